The number of aromatic nitrogens is 3. The van der Waals surface area contributed by atoms with E-state index in [0.717, 1.165) is 47.6 Å². The number of rotatable bonds is 3. The number of hydrogen-bond donors (Lipinski definition) is 1. The van der Waals surface area contributed by atoms with E-state index in [-0.39, 0.29) is 6.04 Å². The molecule has 3 rings (SSSR count). The van der Waals surface area contributed by atoms with Crippen LogP contribution in [0.4, 0.5) is 0 Å². The van der Waals surface area contributed by atoms with Gasteiger partial charge >= 0.3 is 0 Å². The van der Waals surface area contributed by atoms with Gasteiger partial charge in [-0.25, -0.2) is 4.98 Å². The second kappa shape index (κ2) is 5.59. The van der Waals surface area contributed by atoms with E-state index >= 15 is 0 Å². The molecule has 0 bridgehead atoms. The lowest BCUT2D eigenvalue weighted by atomic mass is 10.2. The predicted molar refractivity (Wildman–Crippen MR) is 77.7 cm³/mol. The summed E-state index contributed by atoms with van der Waals surface area (Å²) < 4.78 is 5.42. The molecule has 0 aliphatic carbocycles. The molecule has 2 aromatic rings. The van der Waals surface area contributed by atoms with Gasteiger partial charge in [-0.3, -0.25) is 4.90 Å². The summed E-state index contributed by atoms with van der Waals surface area (Å²) >= 11 is 1.60. The zero-order valence-electron chi connectivity index (χ0n) is 12.0. The van der Waals surface area contributed by atoms with Crippen LogP contribution in [0.2, 0.25) is 0 Å². The van der Waals surface area contributed by atoms with Crippen LogP contribution in [0.5, 0.6) is 0 Å². The van der Waals surface area contributed by atoms with E-state index in [2.05, 4.69) is 32.3 Å². The molecule has 1 atom stereocenters. The van der Waals surface area contributed by atoms with Gasteiger partial charge in [-0.2, -0.15) is 4.98 Å². The first kappa shape index (κ1) is 13.7. The molecule has 0 amide bonds. The first-order chi connectivity index (χ1) is 9.65. The van der Waals surface area contributed by atoms with Gasteiger partial charge in [0.15, 0.2) is 5.82 Å². The summed E-state index contributed by atoms with van der Waals surface area (Å²) in [6, 6.07) is 0.184. The highest BCUT2D eigenvalue weighted by atomic mass is 32.1. The van der Waals surface area contributed by atoms with E-state index in [9.17, 15) is 0 Å². The third kappa shape index (κ3) is 2.61. The van der Waals surface area contributed by atoms with Crippen LogP contribution >= 0.6 is 11.3 Å². The minimum absolute atomic E-state index is 0.184. The van der Waals surface area contributed by atoms with Crippen molar-refractivity contribution in [2.45, 2.75) is 26.8 Å². The van der Waals surface area contributed by atoms with Gasteiger partial charge in [0.2, 0.25) is 0 Å². The lowest BCUT2D eigenvalue weighted by molar-refractivity contribution is 0.176. The second-order valence-electron chi connectivity index (χ2n) is 5.07. The van der Waals surface area contributed by atoms with Gasteiger partial charge in [-0.15, -0.1) is 11.3 Å². The molecular weight excluding hydrogens is 274 g/mol. The molecule has 108 valence electrons. The molecule has 0 spiro atoms. The normalized spacial score (nSPS) is 18.4. The van der Waals surface area contributed by atoms with Gasteiger partial charge in [0.05, 0.1) is 16.7 Å². The highest BCUT2D eigenvalue weighted by Crippen LogP contribution is 2.29. The third-order valence-corrected chi connectivity index (χ3v) is 4.67. The Labute approximate surface area is 122 Å². The number of piperazine rings is 1. The summed E-state index contributed by atoms with van der Waals surface area (Å²) in [6.07, 6.45) is 0. The Kier molecular flexibility index (Phi) is 3.82. The van der Waals surface area contributed by atoms with E-state index in [1.54, 1.807) is 11.3 Å². The minimum atomic E-state index is 0.184. The number of thiazole rings is 1. The number of hydrogen-bond acceptors (Lipinski definition) is 7. The van der Waals surface area contributed by atoms with Gasteiger partial charge in [-0.05, 0) is 20.8 Å². The van der Waals surface area contributed by atoms with Crippen molar-refractivity contribution in [3.8, 4) is 10.8 Å². The molecule has 1 aliphatic rings. The fraction of sp³-hybridized carbons (Fsp3) is 0.615. The maximum absolute atomic E-state index is 5.42. The molecule has 1 N–H and O–H groups in total. The number of nitrogens with zero attached hydrogens (tertiary/aromatic N) is 4. The van der Waals surface area contributed by atoms with Crippen LogP contribution in [-0.4, -0.2) is 46.2 Å². The molecule has 3 heterocycles. The molecule has 0 radical (unpaired) electrons. The van der Waals surface area contributed by atoms with Gasteiger partial charge in [0.25, 0.3) is 5.89 Å². The summed E-state index contributed by atoms with van der Waals surface area (Å²) in [5.74, 6) is 1.34. The summed E-state index contributed by atoms with van der Waals surface area (Å²) in [6.45, 7) is 10.2. The van der Waals surface area contributed by atoms with Crippen molar-refractivity contribution in [1.82, 2.24) is 25.3 Å². The summed E-state index contributed by atoms with van der Waals surface area (Å²) in [4.78, 5) is 12.3. The molecule has 20 heavy (non-hydrogen) atoms. The maximum atomic E-state index is 5.42. The monoisotopic (exact) mass is 293 g/mol. The molecule has 6 nitrogen and oxygen atoms in total. The van der Waals surface area contributed by atoms with Gasteiger partial charge in [0, 0.05) is 26.2 Å². The van der Waals surface area contributed by atoms with Crippen LogP contribution in [0, 0.1) is 13.8 Å². The fourth-order valence-corrected chi connectivity index (χ4v) is 3.30. The van der Waals surface area contributed by atoms with E-state index < -0.39 is 0 Å². The van der Waals surface area contributed by atoms with Crippen LogP contribution in [0.15, 0.2) is 4.52 Å². The van der Waals surface area contributed by atoms with Crippen LogP contribution in [-0.2, 0) is 0 Å². The van der Waals surface area contributed by atoms with Crippen molar-refractivity contribution in [2.75, 3.05) is 26.2 Å². The minimum Gasteiger partial charge on any atom is -0.333 e. The lowest BCUT2D eigenvalue weighted by Crippen LogP contribution is -2.44. The molecule has 7 heteroatoms. The average molecular weight is 293 g/mol. The zero-order valence-corrected chi connectivity index (χ0v) is 12.8. The standard InChI is InChI=1S/C13H19N5OS/c1-8-11(20-10(3)15-8)13-16-12(17-19-13)9(2)18-6-4-14-5-7-18/h9,14H,4-7H2,1-3H3. The average Bonchev–Trinajstić information content (AvgIpc) is 3.05. The molecule has 1 fully saturated rings. The largest absolute Gasteiger partial charge is 0.333 e. The van der Waals surface area contributed by atoms with Crippen molar-refractivity contribution < 1.29 is 4.52 Å². The smallest absolute Gasteiger partial charge is 0.269 e. The summed E-state index contributed by atoms with van der Waals surface area (Å²) in [7, 11) is 0. The fourth-order valence-electron chi connectivity index (χ4n) is 2.46. The first-order valence-corrected chi connectivity index (χ1v) is 7.69. The molecule has 1 saturated heterocycles. The van der Waals surface area contributed by atoms with Crippen LogP contribution in [0.1, 0.15) is 29.5 Å². The van der Waals surface area contributed by atoms with Crippen LogP contribution in [0.3, 0.4) is 0 Å². The Bertz CT molecular complexity index is 587. The topological polar surface area (TPSA) is 67.1 Å². The van der Waals surface area contributed by atoms with Crippen molar-refractivity contribution >= 4 is 11.3 Å². The van der Waals surface area contributed by atoms with Crippen molar-refractivity contribution in [3.05, 3.63) is 16.5 Å². The van der Waals surface area contributed by atoms with E-state index in [4.69, 9.17) is 4.52 Å². The highest BCUT2D eigenvalue weighted by molar-refractivity contribution is 7.15. The molecule has 2 aromatic heterocycles. The number of aryl methyl sites for hydroxylation is 2. The SMILES string of the molecule is Cc1nc(C)c(-c2nc(C(C)N3CCNCC3)no2)s1. The zero-order chi connectivity index (χ0) is 14.1. The lowest BCUT2D eigenvalue weighted by Gasteiger charge is -2.30. The van der Waals surface area contributed by atoms with Crippen LogP contribution < -0.4 is 5.32 Å². The first-order valence-electron chi connectivity index (χ1n) is 6.88. The van der Waals surface area contributed by atoms with Crippen LogP contribution in [0.25, 0.3) is 10.8 Å². The van der Waals surface area contributed by atoms with Gasteiger partial charge in [0.1, 0.15) is 4.88 Å². The highest BCUT2D eigenvalue weighted by Gasteiger charge is 2.23. The van der Waals surface area contributed by atoms with Crippen molar-refractivity contribution in [2.24, 2.45) is 0 Å². The Morgan fingerprint density at radius 3 is 2.65 bits per heavy atom. The molecule has 1 aliphatic heterocycles. The van der Waals surface area contributed by atoms with Gasteiger partial charge < -0.3 is 9.84 Å². The summed E-state index contributed by atoms with van der Waals surface area (Å²) in [5.41, 5.74) is 0.956. The van der Waals surface area contributed by atoms with E-state index in [0.29, 0.717) is 5.89 Å². The Hall–Kier alpha value is -1.31. The molecule has 0 saturated carbocycles. The third-order valence-electron chi connectivity index (χ3n) is 3.61. The second-order valence-corrected chi connectivity index (χ2v) is 6.27. The number of nitrogens with one attached hydrogen (secondary N) is 1. The van der Waals surface area contributed by atoms with E-state index in [1.165, 1.54) is 0 Å². The maximum Gasteiger partial charge on any atom is 0.269 e. The Morgan fingerprint density at radius 1 is 1.25 bits per heavy atom. The quantitative estimate of drug-likeness (QED) is 0.930. The summed E-state index contributed by atoms with van der Waals surface area (Å²) in [5, 5.41) is 8.52. The Morgan fingerprint density at radius 2 is 2.00 bits per heavy atom. The Balaban J connectivity index is 1.81. The predicted octanol–water partition coefficient (Wildman–Crippen LogP) is 1.78. The van der Waals surface area contributed by atoms with Crippen molar-refractivity contribution in [1.29, 1.82) is 0 Å². The van der Waals surface area contributed by atoms with E-state index in [1.807, 2.05) is 13.8 Å². The van der Waals surface area contributed by atoms with Gasteiger partial charge in [-0.1, -0.05) is 5.16 Å². The molecular formula is C13H19N5OS. The molecule has 1 unspecified atom stereocenters. The molecule has 0 aromatic carbocycles. The van der Waals surface area contributed by atoms with Crippen molar-refractivity contribution in [3.63, 3.8) is 0 Å².